The molecule has 1 aromatic heterocycles. The first-order valence-corrected chi connectivity index (χ1v) is 8.19. The van der Waals surface area contributed by atoms with Crippen LogP contribution in [0.3, 0.4) is 0 Å². The summed E-state index contributed by atoms with van der Waals surface area (Å²) in [5.74, 6) is -1.42. The highest BCUT2D eigenvalue weighted by atomic mass is 19.1. The van der Waals surface area contributed by atoms with Crippen molar-refractivity contribution in [3.8, 4) is 17.5 Å². The molecule has 0 N–H and O–H groups in total. The predicted octanol–water partition coefficient (Wildman–Crippen LogP) is 3.59. The molecule has 2 aromatic rings. The van der Waals surface area contributed by atoms with Gasteiger partial charge in [-0.15, -0.1) is 0 Å². The maximum atomic E-state index is 14.5. The lowest BCUT2D eigenvalue weighted by Crippen LogP contribution is -2.17. The molecule has 144 valence electrons. The molecule has 0 unspecified atom stereocenters. The van der Waals surface area contributed by atoms with Crippen molar-refractivity contribution in [3.63, 3.8) is 0 Å². The fourth-order valence-electron chi connectivity index (χ4n) is 2.72. The summed E-state index contributed by atoms with van der Waals surface area (Å²) >= 11 is 0. The van der Waals surface area contributed by atoms with Gasteiger partial charge in [0.15, 0.2) is 11.5 Å². The van der Waals surface area contributed by atoms with Crippen LogP contribution in [0.15, 0.2) is 11.5 Å². The molecular formula is C19H22FN3O4. The number of halogens is 1. The Morgan fingerprint density at radius 2 is 1.59 bits per heavy atom. The number of ketones is 1. The van der Waals surface area contributed by atoms with Crippen molar-refractivity contribution in [2.45, 2.75) is 34.6 Å². The number of ether oxygens (including phenoxy) is 2. The summed E-state index contributed by atoms with van der Waals surface area (Å²) in [6.45, 7) is 8.90. The van der Waals surface area contributed by atoms with Gasteiger partial charge >= 0.3 is 0 Å². The van der Waals surface area contributed by atoms with Gasteiger partial charge < -0.3 is 14.3 Å². The molecule has 0 bridgehead atoms. The summed E-state index contributed by atoms with van der Waals surface area (Å²) in [6.07, 6.45) is 1.13. The Hall–Kier alpha value is -3.03. The highest BCUT2D eigenvalue weighted by Gasteiger charge is 2.26. The molecule has 8 heteroatoms. The maximum absolute atomic E-state index is 14.5. The summed E-state index contributed by atoms with van der Waals surface area (Å²) in [6, 6.07) is 0. The van der Waals surface area contributed by atoms with Gasteiger partial charge in [-0.25, -0.2) is 0 Å². The number of carbonyl (C=O) groups is 1. The number of hydrogen-bond donors (Lipinski definition) is 0. The van der Waals surface area contributed by atoms with Crippen LogP contribution in [-0.2, 0) is 9.63 Å². The van der Waals surface area contributed by atoms with Crippen LogP contribution in [0.5, 0.6) is 17.5 Å². The van der Waals surface area contributed by atoms with Gasteiger partial charge in [0, 0.05) is 6.92 Å². The fraction of sp³-hybridized carbons (Fsp3) is 0.368. The number of hydrogen-bond acceptors (Lipinski definition) is 7. The largest absolute Gasteiger partial charge is 0.479 e. The standard InChI is InChI=1S/C19H22FN3O4/c1-9-10(2)12(4)17(14(11(9)3)16(13(5)24)23-26-7)27-19-15(20)18(25-6)21-8-22-19/h8H,1-7H3/b23-16-. The van der Waals surface area contributed by atoms with E-state index in [9.17, 15) is 9.18 Å². The second-order valence-corrected chi connectivity index (χ2v) is 5.99. The highest BCUT2D eigenvalue weighted by molar-refractivity contribution is 6.46. The van der Waals surface area contributed by atoms with Crippen LogP contribution in [0, 0.1) is 33.5 Å². The van der Waals surface area contributed by atoms with Gasteiger partial charge in [-0.05, 0) is 49.9 Å². The van der Waals surface area contributed by atoms with E-state index < -0.39 is 5.82 Å². The van der Waals surface area contributed by atoms with E-state index in [2.05, 4.69) is 15.1 Å². The third-order valence-electron chi connectivity index (χ3n) is 4.50. The number of methoxy groups -OCH3 is 1. The number of carbonyl (C=O) groups excluding carboxylic acids is 1. The van der Waals surface area contributed by atoms with Crippen LogP contribution >= 0.6 is 0 Å². The molecule has 1 aromatic carbocycles. The first-order chi connectivity index (χ1) is 12.7. The summed E-state index contributed by atoms with van der Waals surface area (Å²) in [4.78, 5) is 24.6. The van der Waals surface area contributed by atoms with Gasteiger partial charge in [0.25, 0.3) is 11.8 Å². The van der Waals surface area contributed by atoms with Crippen molar-refractivity contribution in [3.05, 3.63) is 40.0 Å². The number of oxime groups is 1. The number of Topliss-reactive ketones (excluding diaryl/α,β-unsaturated/α-hetero) is 1. The van der Waals surface area contributed by atoms with Gasteiger partial charge in [-0.2, -0.15) is 14.4 Å². The molecule has 0 saturated heterocycles. The smallest absolute Gasteiger partial charge is 0.263 e. The molecule has 0 aliphatic heterocycles. The molecular weight excluding hydrogens is 353 g/mol. The minimum atomic E-state index is -0.839. The second kappa shape index (κ2) is 8.11. The first kappa shape index (κ1) is 20.3. The Morgan fingerprint density at radius 1 is 1.00 bits per heavy atom. The third-order valence-corrected chi connectivity index (χ3v) is 4.50. The normalized spacial score (nSPS) is 11.3. The van der Waals surface area contributed by atoms with E-state index in [1.165, 1.54) is 21.1 Å². The van der Waals surface area contributed by atoms with Crippen LogP contribution in [0.25, 0.3) is 0 Å². The van der Waals surface area contributed by atoms with E-state index in [-0.39, 0.29) is 29.0 Å². The van der Waals surface area contributed by atoms with E-state index in [0.29, 0.717) is 5.56 Å². The third kappa shape index (κ3) is 3.74. The number of nitrogens with zero attached hydrogens (tertiary/aromatic N) is 3. The van der Waals surface area contributed by atoms with Gasteiger partial charge in [0.05, 0.1) is 12.7 Å². The lowest BCUT2D eigenvalue weighted by Gasteiger charge is -2.20. The van der Waals surface area contributed by atoms with Gasteiger partial charge in [0.2, 0.25) is 5.82 Å². The van der Waals surface area contributed by atoms with Crippen LogP contribution < -0.4 is 9.47 Å². The molecule has 0 spiro atoms. The van der Waals surface area contributed by atoms with Gasteiger partial charge in [0.1, 0.15) is 19.2 Å². The van der Waals surface area contributed by atoms with Crippen molar-refractivity contribution in [2.75, 3.05) is 14.2 Å². The number of rotatable bonds is 6. The molecule has 0 radical (unpaired) electrons. The SMILES string of the molecule is CO/N=C(/C(C)=O)c1c(C)c(C)c(C)c(C)c1Oc1ncnc(OC)c1F. The van der Waals surface area contributed by atoms with E-state index in [1.807, 2.05) is 27.7 Å². The Labute approximate surface area is 157 Å². The minimum absolute atomic E-state index is 0.0811. The Kier molecular flexibility index (Phi) is 6.09. The molecule has 0 amide bonds. The lowest BCUT2D eigenvalue weighted by atomic mass is 9.90. The summed E-state index contributed by atoms with van der Waals surface area (Å²) in [7, 11) is 2.65. The first-order valence-electron chi connectivity index (χ1n) is 8.19. The molecule has 1 heterocycles. The molecule has 0 saturated carbocycles. The minimum Gasteiger partial charge on any atom is -0.479 e. The zero-order valence-corrected chi connectivity index (χ0v) is 16.4. The van der Waals surface area contributed by atoms with Gasteiger partial charge in [-0.1, -0.05) is 5.16 Å². The fourth-order valence-corrected chi connectivity index (χ4v) is 2.72. The summed E-state index contributed by atoms with van der Waals surface area (Å²) in [5, 5.41) is 3.86. The van der Waals surface area contributed by atoms with E-state index >= 15 is 0 Å². The molecule has 0 atom stereocenters. The van der Waals surface area contributed by atoms with Crippen molar-refractivity contribution in [1.29, 1.82) is 0 Å². The van der Waals surface area contributed by atoms with E-state index in [0.717, 1.165) is 28.6 Å². The van der Waals surface area contributed by atoms with Crippen LogP contribution in [-0.4, -0.2) is 35.7 Å². The topological polar surface area (TPSA) is 82.9 Å². The Morgan fingerprint density at radius 3 is 2.15 bits per heavy atom. The highest BCUT2D eigenvalue weighted by Crippen LogP contribution is 2.37. The average Bonchev–Trinajstić information content (AvgIpc) is 2.64. The van der Waals surface area contributed by atoms with Crippen LogP contribution in [0.1, 0.15) is 34.7 Å². The van der Waals surface area contributed by atoms with Crippen LogP contribution in [0.2, 0.25) is 0 Å². The number of aromatic nitrogens is 2. The molecule has 7 nitrogen and oxygen atoms in total. The van der Waals surface area contributed by atoms with Crippen molar-refractivity contribution in [1.82, 2.24) is 9.97 Å². The molecule has 2 rings (SSSR count). The van der Waals surface area contributed by atoms with Crippen molar-refractivity contribution >= 4 is 11.5 Å². The summed E-state index contributed by atoms with van der Waals surface area (Å²) in [5.41, 5.74) is 3.95. The van der Waals surface area contributed by atoms with E-state index in [4.69, 9.17) is 14.3 Å². The lowest BCUT2D eigenvalue weighted by molar-refractivity contribution is -0.111. The molecule has 27 heavy (non-hydrogen) atoms. The van der Waals surface area contributed by atoms with Crippen LogP contribution in [0.4, 0.5) is 4.39 Å². The van der Waals surface area contributed by atoms with Crippen molar-refractivity contribution < 1.29 is 23.5 Å². The predicted molar refractivity (Wildman–Crippen MR) is 98.2 cm³/mol. The quantitative estimate of drug-likeness (QED) is 0.567. The zero-order valence-electron chi connectivity index (χ0n) is 16.4. The maximum Gasteiger partial charge on any atom is 0.263 e. The molecule has 0 fully saturated rings. The van der Waals surface area contributed by atoms with Crippen molar-refractivity contribution in [2.24, 2.45) is 5.16 Å². The average molecular weight is 375 g/mol. The Balaban J connectivity index is 2.79. The monoisotopic (exact) mass is 375 g/mol. The van der Waals surface area contributed by atoms with Gasteiger partial charge in [-0.3, -0.25) is 4.79 Å². The summed E-state index contributed by atoms with van der Waals surface area (Å²) < 4.78 is 25.2. The Bertz CT molecular complexity index is 926. The molecule has 0 aliphatic carbocycles. The molecule has 0 aliphatic rings. The number of benzene rings is 1. The van der Waals surface area contributed by atoms with E-state index in [1.54, 1.807) is 0 Å². The zero-order chi connectivity index (χ0) is 20.3. The second-order valence-electron chi connectivity index (χ2n) is 5.99.